The van der Waals surface area contributed by atoms with Crippen molar-refractivity contribution < 1.29 is 9.47 Å². The first-order valence-electron chi connectivity index (χ1n) is 3.80. The van der Waals surface area contributed by atoms with Crippen molar-refractivity contribution in [3.8, 4) is 0 Å². The predicted octanol–water partition coefficient (Wildman–Crippen LogP) is 1.45. The van der Waals surface area contributed by atoms with Gasteiger partial charge < -0.3 is 9.47 Å². The molecule has 1 saturated heterocycles. The molecule has 0 unspecified atom stereocenters. The van der Waals surface area contributed by atoms with E-state index in [0.717, 1.165) is 19.8 Å². The van der Waals surface area contributed by atoms with E-state index in [4.69, 9.17) is 9.47 Å². The molecule has 10 heavy (non-hydrogen) atoms. The molecule has 0 aromatic heterocycles. The van der Waals surface area contributed by atoms with Crippen LogP contribution in [0.25, 0.3) is 0 Å². The Morgan fingerprint density at radius 2 is 1.90 bits per heavy atom. The van der Waals surface area contributed by atoms with E-state index in [-0.39, 0.29) is 11.5 Å². The van der Waals surface area contributed by atoms with Crippen LogP contribution in [0.3, 0.4) is 0 Å². The van der Waals surface area contributed by atoms with Gasteiger partial charge in [0.1, 0.15) is 0 Å². The van der Waals surface area contributed by atoms with Gasteiger partial charge in [-0.25, -0.2) is 0 Å². The molecule has 0 saturated carbocycles. The second kappa shape index (κ2) is 2.89. The summed E-state index contributed by atoms with van der Waals surface area (Å²) < 4.78 is 10.8. The molecule has 0 N–H and O–H groups in total. The zero-order valence-corrected chi connectivity index (χ0v) is 7.02. The van der Waals surface area contributed by atoms with Crippen molar-refractivity contribution in [3.05, 3.63) is 0 Å². The van der Waals surface area contributed by atoms with Crippen LogP contribution in [0.2, 0.25) is 0 Å². The second-order valence-corrected chi connectivity index (χ2v) is 3.80. The fourth-order valence-corrected chi connectivity index (χ4v) is 0.988. The van der Waals surface area contributed by atoms with Crippen molar-refractivity contribution in [2.75, 3.05) is 19.8 Å². The summed E-state index contributed by atoms with van der Waals surface area (Å²) >= 11 is 0. The highest BCUT2D eigenvalue weighted by atomic mass is 16.6. The normalized spacial score (nSPS) is 28.5. The highest BCUT2D eigenvalue weighted by Crippen LogP contribution is 2.23. The first kappa shape index (κ1) is 8.02. The quantitative estimate of drug-likeness (QED) is 0.512. The van der Waals surface area contributed by atoms with E-state index < -0.39 is 0 Å². The topological polar surface area (TPSA) is 18.5 Å². The zero-order valence-electron chi connectivity index (χ0n) is 7.02. The Labute approximate surface area is 62.5 Å². The summed E-state index contributed by atoms with van der Waals surface area (Å²) in [6, 6.07) is 0. The van der Waals surface area contributed by atoms with Gasteiger partial charge in [0.25, 0.3) is 0 Å². The average molecular weight is 144 g/mol. The maximum Gasteiger partial charge on any atom is 0.0857 e. The van der Waals surface area contributed by atoms with Gasteiger partial charge in [-0.2, -0.15) is 0 Å². The molecule has 0 aliphatic carbocycles. The van der Waals surface area contributed by atoms with E-state index >= 15 is 0 Å². The Morgan fingerprint density at radius 1 is 1.20 bits per heavy atom. The molecule has 0 spiro atoms. The van der Waals surface area contributed by atoms with Gasteiger partial charge in [-0.1, -0.05) is 20.8 Å². The summed E-state index contributed by atoms with van der Waals surface area (Å²) in [5.41, 5.74) is 0.223. The van der Waals surface area contributed by atoms with Crippen LogP contribution in [0.1, 0.15) is 20.8 Å². The first-order valence-corrected chi connectivity index (χ1v) is 3.80. The van der Waals surface area contributed by atoms with Gasteiger partial charge in [0, 0.05) is 0 Å². The van der Waals surface area contributed by atoms with Crippen molar-refractivity contribution in [1.82, 2.24) is 0 Å². The highest BCUT2D eigenvalue weighted by molar-refractivity contribution is 4.75. The molecule has 60 valence electrons. The third-order valence-electron chi connectivity index (χ3n) is 1.78. The van der Waals surface area contributed by atoms with Crippen molar-refractivity contribution in [3.63, 3.8) is 0 Å². The summed E-state index contributed by atoms with van der Waals surface area (Å²) in [7, 11) is 0. The molecular weight excluding hydrogens is 128 g/mol. The summed E-state index contributed by atoms with van der Waals surface area (Å²) in [4.78, 5) is 0. The number of hydrogen-bond acceptors (Lipinski definition) is 2. The molecule has 2 heteroatoms. The average Bonchev–Trinajstić information content (AvgIpc) is 1.88. The molecule has 1 atom stereocenters. The van der Waals surface area contributed by atoms with Gasteiger partial charge in [0.15, 0.2) is 0 Å². The molecule has 0 aromatic rings. The van der Waals surface area contributed by atoms with Crippen LogP contribution in [-0.4, -0.2) is 25.9 Å². The minimum Gasteiger partial charge on any atom is -0.376 e. The van der Waals surface area contributed by atoms with Gasteiger partial charge in [-0.05, 0) is 5.41 Å². The molecule has 2 nitrogen and oxygen atoms in total. The number of rotatable bonds is 0. The SMILES string of the molecule is CC(C)(C)[C@H]1COCCO1. The van der Waals surface area contributed by atoms with Crippen molar-refractivity contribution in [2.45, 2.75) is 26.9 Å². The molecule has 1 rings (SSSR count). The van der Waals surface area contributed by atoms with Crippen molar-refractivity contribution in [1.29, 1.82) is 0 Å². The van der Waals surface area contributed by atoms with Crippen LogP contribution in [-0.2, 0) is 9.47 Å². The number of ether oxygens (including phenoxy) is 2. The second-order valence-electron chi connectivity index (χ2n) is 3.80. The lowest BCUT2D eigenvalue weighted by Gasteiger charge is -2.33. The molecule has 0 amide bonds. The monoisotopic (exact) mass is 144 g/mol. The van der Waals surface area contributed by atoms with Crippen LogP contribution in [0.4, 0.5) is 0 Å². The molecule has 1 fully saturated rings. The fourth-order valence-electron chi connectivity index (χ4n) is 0.988. The van der Waals surface area contributed by atoms with Gasteiger partial charge >= 0.3 is 0 Å². The molecule has 0 radical (unpaired) electrons. The lowest BCUT2D eigenvalue weighted by atomic mass is 9.89. The zero-order chi connectivity index (χ0) is 7.61. The van der Waals surface area contributed by atoms with Crippen LogP contribution in [0, 0.1) is 5.41 Å². The van der Waals surface area contributed by atoms with E-state index in [2.05, 4.69) is 20.8 Å². The van der Waals surface area contributed by atoms with Gasteiger partial charge in [0.2, 0.25) is 0 Å². The highest BCUT2D eigenvalue weighted by Gasteiger charge is 2.27. The molecule has 0 bridgehead atoms. The van der Waals surface area contributed by atoms with E-state index in [9.17, 15) is 0 Å². The number of hydrogen-bond donors (Lipinski definition) is 0. The van der Waals surface area contributed by atoms with E-state index in [1.807, 2.05) is 0 Å². The standard InChI is InChI=1S/C8H16O2/c1-8(2,3)7-6-9-4-5-10-7/h7H,4-6H2,1-3H3/t7-/m1/s1. The molecule has 1 aliphatic heterocycles. The predicted molar refractivity (Wildman–Crippen MR) is 40.0 cm³/mol. The molecule has 1 aliphatic rings. The van der Waals surface area contributed by atoms with E-state index in [1.165, 1.54) is 0 Å². The van der Waals surface area contributed by atoms with Gasteiger partial charge in [0.05, 0.1) is 25.9 Å². The third kappa shape index (κ3) is 1.96. The van der Waals surface area contributed by atoms with Crippen molar-refractivity contribution >= 4 is 0 Å². The maximum absolute atomic E-state index is 5.52. The third-order valence-corrected chi connectivity index (χ3v) is 1.78. The van der Waals surface area contributed by atoms with Crippen LogP contribution < -0.4 is 0 Å². The first-order chi connectivity index (χ1) is 4.61. The van der Waals surface area contributed by atoms with E-state index in [0.29, 0.717) is 0 Å². The Morgan fingerprint density at radius 3 is 2.20 bits per heavy atom. The van der Waals surface area contributed by atoms with Gasteiger partial charge in [-0.3, -0.25) is 0 Å². The van der Waals surface area contributed by atoms with Crippen molar-refractivity contribution in [2.24, 2.45) is 5.41 Å². The van der Waals surface area contributed by atoms with Crippen LogP contribution in [0.15, 0.2) is 0 Å². The Bertz CT molecular complexity index is 98.3. The summed E-state index contributed by atoms with van der Waals surface area (Å²) in [6.07, 6.45) is 0.279. The summed E-state index contributed by atoms with van der Waals surface area (Å²) in [5, 5.41) is 0. The minimum atomic E-state index is 0.223. The van der Waals surface area contributed by atoms with E-state index in [1.54, 1.807) is 0 Å². The molecular formula is C8H16O2. The fraction of sp³-hybridized carbons (Fsp3) is 1.00. The smallest absolute Gasteiger partial charge is 0.0857 e. The largest absolute Gasteiger partial charge is 0.376 e. The van der Waals surface area contributed by atoms with Crippen LogP contribution >= 0.6 is 0 Å². The summed E-state index contributed by atoms with van der Waals surface area (Å²) in [5.74, 6) is 0. The maximum atomic E-state index is 5.52. The minimum absolute atomic E-state index is 0.223. The Balaban J connectivity index is 2.39. The summed E-state index contributed by atoms with van der Waals surface area (Å²) in [6.45, 7) is 8.78. The lowest BCUT2D eigenvalue weighted by Crippen LogP contribution is -2.38. The Hall–Kier alpha value is -0.0800. The lowest BCUT2D eigenvalue weighted by molar-refractivity contribution is -0.128. The van der Waals surface area contributed by atoms with Crippen LogP contribution in [0.5, 0.6) is 0 Å². The Kier molecular flexibility index (Phi) is 2.32. The van der Waals surface area contributed by atoms with Gasteiger partial charge in [-0.15, -0.1) is 0 Å². The molecule has 1 heterocycles. The molecule has 0 aromatic carbocycles.